The summed E-state index contributed by atoms with van der Waals surface area (Å²) < 4.78 is 0. The largest absolute Gasteiger partial charge is 0.393 e. The van der Waals surface area contributed by atoms with Crippen molar-refractivity contribution in [3.63, 3.8) is 0 Å². The van der Waals surface area contributed by atoms with Crippen LogP contribution in [0.25, 0.3) is 0 Å². The Morgan fingerprint density at radius 3 is 2.33 bits per heavy atom. The predicted octanol–water partition coefficient (Wildman–Crippen LogP) is 1.72. The Morgan fingerprint density at radius 2 is 1.78 bits per heavy atom. The molecule has 0 aromatic heterocycles. The molecule has 18 heavy (non-hydrogen) atoms. The van der Waals surface area contributed by atoms with Gasteiger partial charge in [0.15, 0.2) is 0 Å². The molecule has 0 saturated heterocycles. The summed E-state index contributed by atoms with van der Waals surface area (Å²) in [6.07, 6.45) is 0.419. The van der Waals surface area contributed by atoms with Crippen LogP contribution in [0.2, 0.25) is 0 Å². The van der Waals surface area contributed by atoms with Gasteiger partial charge in [-0.3, -0.25) is 0 Å². The molecule has 2 aliphatic rings. The Hall–Kier alpha value is -0.380. The zero-order valence-corrected chi connectivity index (χ0v) is 11.6. The molecule has 0 aliphatic heterocycles. The molecule has 0 amide bonds. The third-order valence-corrected chi connectivity index (χ3v) is 5.59. The highest BCUT2D eigenvalue weighted by atomic mass is 16.3. The zero-order chi connectivity index (χ0) is 13.7. The SMILES string of the molecule is C=C(C)[C@@H]1C[C@]2(C)[C@@H](C)C[C@H](O)C[C@H]2[C@H](O)[C@@H]1O. The highest BCUT2D eigenvalue weighted by Gasteiger charge is 2.54. The Kier molecular flexibility index (Phi) is 3.60. The van der Waals surface area contributed by atoms with Crippen LogP contribution in [-0.4, -0.2) is 33.6 Å². The molecular formula is C15H26O3. The molecule has 0 unspecified atom stereocenters. The van der Waals surface area contributed by atoms with Crippen molar-refractivity contribution in [2.24, 2.45) is 23.2 Å². The summed E-state index contributed by atoms with van der Waals surface area (Å²) in [6, 6.07) is 0. The van der Waals surface area contributed by atoms with E-state index in [4.69, 9.17) is 0 Å². The van der Waals surface area contributed by atoms with E-state index in [1.54, 1.807) is 0 Å². The van der Waals surface area contributed by atoms with E-state index in [1.165, 1.54) is 0 Å². The quantitative estimate of drug-likeness (QED) is 0.624. The van der Waals surface area contributed by atoms with Crippen LogP contribution in [0.1, 0.15) is 40.0 Å². The summed E-state index contributed by atoms with van der Waals surface area (Å²) in [4.78, 5) is 0. The number of aliphatic hydroxyl groups excluding tert-OH is 3. The van der Waals surface area contributed by atoms with Crippen LogP contribution in [0.15, 0.2) is 12.2 Å². The fourth-order valence-corrected chi connectivity index (χ4v) is 4.12. The second-order valence-electron chi connectivity index (χ2n) is 6.78. The molecule has 2 rings (SSSR count). The molecule has 2 fully saturated rings. The molecule has 104 valence electrons. The Labute approximate surface area is 110 Å². The normalized spacial score (nSPS) is 52.8. The molecule has 3 heteroatoms. The first-order chi connectivity index (χ1) is 8.27. The first-order valence-electron chi connectivity index (χ1n) is 6.97. The van der Waals surface area contributed by atoms with E-state index in [-0.39, 0.29) is 23.4 Å². The lowest BCUT2D eigenvalue weighted by Crippen LogP contribution is -2.58. The van der Waals surface area contributed by atoms with Crippen molar-refractivity contribution >= 4 is 0 Å². The number of rotatable bonds is 1. The molecule has 0 radical (unpaired) electrons. The van der Waals surface area contributed by atoms with Crippen LogP contribution in [0.5, 0.6) is 0 Å². The minimum atomic E-state index is -0.747. The minimum absolute atomic E-state index is 0.0122. The minimum Gasteiger partial charge on any atom is -0.393 e. The lowest BCUT2D eigenvalue weighted by Gasteiger charge is -2.56. The molecule has 0 bridgehead atoms. The van der Waals surface area contributed by atoms with E-state index in [0.717, 1.165) is 18.4 Å². The Balaban J connectivity index is 2.32. The van der Waals surface area contributed by atoms with Crippen LogP contribution < -0.4 is 0 Å². The van der Waals surface area contributed by atoms with Gasteiger partial charge in [0.05, 0.1) is 18.3 Å². The van der Waals surface area contributed by atoms with Gasteiger partial charge in [0.25, 0.3) is 0 Å². The predicted molar refractivity (Wildman–Crippen MR) is 70.9 cm³/mol. The number of hydrogen-bond donors (Lipinski definition) is 3. The summed E-state index contributed by atoms with van der Waals surface area (Å²) in [7, 11) is 0. The molecule has 7 atom stereocenters. The summed E-state index contributed by atoms with van der Waals surface area (Å²) in [5.74, 6) is 0.316. The summed E-state index contributed by atoms with van der Waals surface area (Å²) in [5, 5.41) is 30.5. The standard InChI is InChI=1S/C15H26O3/c1-8(2)11-7-15(4)9(3)5-10(16)6-12(15)14(18)13(11)17/h9-14,16-18H,1,5-7H2,2-4H3/t9-,10-,11-,12-,13+,14-,15+/m0/s1. The smallest absolute Gasteiger partial charge is 0.0867 e. The van der Waals surface area contributed by atoms with Gasteiger partial charge in [-0.1, -0.05) is 26.0 Å². The van der Waals surface area contributed by atoms with E-state index in [9.17, 15) is 15.3 Å². The van der Waals surface area contributed by atoms with Gasteiger partial charge in [0.1, 0.15) is 0 Å². The van der Waals surface area contributed by atoms with Crippen LogP contribution in [0.3, 0.4) is 0 Å². The first-order valence-corrected chi connectivity index (χ1v) is 6.97. The van der Waals surface area contributed by atoms with Gasteiger partial charge in [-0.25, -0.2) is 0 Å². The lowest BCUT2D eigenvalue weighted by molar-refractivity contribution is -0.167. The maximum absolute atomic E-state index is 10.4. The topological polar surface area (TPSA) is 60.7 Å². The van der Waals surface area contributed by atoms with Gasteiger partial charge >= 0.3 is 0 Å². The Morgan fingerprint density at radius 1 is 1.17 bits per heavy atom. The molecule has 0 aromatic rings. The molecule has 3 N–H and O–H groups in total. The molecule has 0 aromatic carbocycles. The fraction of sp³-hybridized carbons (Fsp3) is 0.867. The van der Waals surface area contributed by atoms with Crippen molar-refractivity contribution in [3.05, 3.63) is 12.2 Å². The van der Waals surface area contributed by atoms with Crippen LogP contribution in [0.4, 0.5) is 0 Å². The zero-order valence-electron chi connectivity index (χ0n) is 11.6. The van der Waals surface area contributed by atoms with E-state index in [2.05, 4.69) is 20.4 Å². The van der Waals surface area contributed by atoms with Gasteiger partial charge in [0, 0.05) is 5.92 Å². The van der Waals surface area contributed by atoms with Gasteiger partial charge in [-0.2, -0.15) is 0 Å². The molecule has 0 heterocycles. The monoisotopic (exact) mass is 254 g/mol. The number of hydrogen-bond acceptors (Lipinski definition) is 3. The van der Waals surface area contributed by atoms with E-state index < -0.39 is 12.2 Å². The van der Waals surface area contributed by atoms with Gasteiger partial charge < -0.3 is 15.3 Å². The van der Waals surface area contributed by atoms with E-state index >= 15 is 0 Å². The molecule has 2 saturated carbocycles. The third kappa shape index (κ3) is 2.02. The summed E-state index contributed by atoms with van der Waals surface area (Å²) in [6.45, 7) is 10.2. The Bertz CT molecular complexity index is 341. The van der Waals surface area contributed by atoms with E-state index in [0.29, 0.717) is 12.3 Å². The van der Waals surface area contributed by atoms with Crippen LogP contribution in [0, 0.1) is 23.2 Å². The average Bonchev–Trinajstić information content (AvgIpc) is 2.27. The van der Waals surface area contributed by atoms with Gasteiger partial charge in [0.2, 0.25) is 0 Å². The van der Waals surface area contributed by atoms with E-state index in [1.807, 2.05) is 6.92 Å². The fourth-order valence-electron chi connectivity index (χ4n) is 4.12. The summed E-state index contributed by atoms with van der Waals surface area (Å²) in [5.41, 5.74) is 0.932. The average molecular weight is 254 g/mol. The van der Waals surface area contributed by atoms with Crippen molar-refractivity contribution in [1.29, 1.82) is 0 Å². The number of aliphatic hydroxyl groups is 3. The highest BCUT2D eigenvalue weighted by molar-refractivity contribution is 5.11. The second kappa shape index (κ2) is 4.62. The third-order valence-electron chi connectivity index (χ3n) is 5.59. The van der Waals surface area contributed by atoms with Crippen LogP contribution >= 0.6 is 0 Å². The lowest BCUT2D eigenvalue weighted by atomic mass is 9.51. The van der Waals surface area contributed by atoms with Gasteiger partial charge in [-0.15, -0.1) is 0 Å². The number of fused-ring (bicyclic) bond motifs is 1. The summed E-state index contributed by atoms with van der Waals surface area (Å²) >= 11 is 0. The van der Waals surface area contributed by atoms with Crippen LogP contribution in [-0.2, 0) is 0 Å². The van der Waals surface area contributed by atoms with Gasteiger partial charge in [-0.05, 0) is 43.4 Å². The molecule has 2 aliphatic carbocycles. The van der Waals surface area contributed by atoms with Crippen molar-refractivity contribution in [2.75, 3.05) is 0 Å². The second-order valence-corrected chi connectivity index (χ2v) is 6.78. The van der Waals surface area contributed by atoms with Crippen molar-refractivity contribution in [2.45, 2.75) is 58.3 Å². The molecular weight excluding hydrogens is 228 g/mol. The van der Waals surface area contributed by atoms with Crippen molar-refractivity contribution < 1.29 is 15.3 Å². The van der Waals surface area contributed by atoms with Crippen molar-refractivity contribution in [1.82, 2.24) is 0 Å². The van der Waals surface area contributed by atoms with Crippen molar-refractivity contribution in [3.8, 4) is 0 Å². The maximum Gasteiger partial charge on any atom is 0.0867 e. The first kappa shape index (κ1) is 14.0. The molecule has 3 nitrogen and oxygen atoms in total. The highest BCUT2D eigenvalue weighted by Crippen LogP contribution is 2.55. The molecule has 0 spiro atoms. The maximum atomic E-state index is 10.4.